The van der Waals surface area contributed by atoms with E-state index >= 15 is 0 Å². The molecule has 1 aromatic carbocycles. The van der Waals surface area contributed by atoms with Crippen LogP contribution in [0.3, 0.4) is 0 Å². The van der Waals surface area contributed by atoms with E-state index in [4.69, 9.17) is 9.47 Å². The van der Waals surface area contributed by atoms with Gasteiger partial charge in [-0.2, -0.15) is 0 Å². The number of benzene rings is 1. The summed E-state index contributed by atoms with van der Waals surface area (Å²) >= 11 is 2.20. The average molecular weight is 757 g/mol. The molecule has 1 N–H and O–H groups in total. The fourth-order valence-electron chi connectivity index (χ4n) is 5.09. The zero-order valence-electron chi connectivity index (χ0n) is 25.9. The van der Waals surface area contributed by atoms with Gasteiger partial charge in [-0.1, -0.05) is 24.3 Å². The van der Waals surface area contributed by atoms with Crippen LogP contribution < -0.4 is 9.47 Å². The Morgan fingerprint density at radius 1 is 0.688 bits per heavy atom. The minimum Gasteiger partial charge on any atom is -0.508 e. The van der Waals surface area contributed by atoms with E-state index in [0.29, 0.717) is 50.8 Å². The number of aromatic hydroxyl groups is 1. The molecule has 12 heteroatoms. The molecule has 2 aliphatic rings. The molecule has 48 heavy (non-hydrogen) atoms. The molecule has 0 saturated carbocycles. The summed E-state index contributed by atoms with van der Waals surface area (Å²) < 4.78 is 12.6. The second-order valence-corrected chi connectivity index (χ2v) is 12.6. The van der Waals surface area contributed by atoms with Crippen molar-refractivity contribution in [3.05, 3.63) is 125 Å². The number of aromatic nitrogens is 4. The molecule has 7 rings (SSSR count). The van der Waals surface area contributed by atoms with Crippen molar-refractivity contribution < 1.29 is 24.2 Å². The molecule has 2 saturated heterocycles. The monoisotopic (exact) mass is 756 g/mol. The second kappa shape index (κ2) is 15.7. The number of likely N-dealkylation sites (tertiary alicyclic amines) is 2. The molecule has 6 heterocycles. The van der Waals surface area contributed by atoms with Crippen molar-refractivity contribution in [2.45, 2.75) is 25.0 Å². The zero-order valence-corrected chi connectivity index (χ0v) is 28.1. The van der Waals surface area contributed by atoms with E-state index in [9.17, 15) is 14.7 Å². The number of carbonyl (C=O) groups excluding carboxylic acids is 2. The molecule has 4 aromatic heterocycles. The van der Waals surface area contributed by atoms with Gasteiger partial charge in [0.15, 0.2) is 0 Å². The molecule has 0 radical (unpaired) electrons. The standard InChI is InChI=1S/C21H19N3O3.C15H14IN3O2/c25-18-5-1-4-16(10-18)17-6-7-20(23-12-17)27-19-13-24(14-19)21(26)9-15-3-2-8-22-11-15;16-12-3-4-14(18-8-12)21-13-9-19(10-13)15(20)6-11-2-1-5-17-7-11/h1-8,10-12,19,25H,9,13-14H2;1-5,7-8,13H,6,9-10H2. The van der Waals surface area contributed by atoms with E-state index in [2.05, 4.69) is 42.5 Å². The van der Waals surface area contributed by atoms with E-state index in [-0.39, 0.29) is 29.8 Å². The van der Waals surface area contributed by atoms with Crippen molar-refractivity contribution >= 4 is 34.4 Å². The molecule has 0 unspecified atom stereocenters. The zero-order chi connectivity index (χ0) is 33.3. The molecule has 244 valence electrons. The highest BCUT2D eigenvalue weighted by Crippen LogP contribution is 2.25. The van der Waals surface area contributed by atoms with Gasteiger partial charge in [0.2, 0.25) is 23.6 Å². The summed E-state index contributed by atoms with van der Waals surface area (Å²) in [6.07, 6.45) is 11.1. The summed E-state index contributed by atoms with van der Waals surface area (Å²) in [5, 5.41) is 9.57. The number of phenols is 1. The summed E-state index contributed by atoms with van der Waals surface area (Å²) in [4.78, 5) is 44.4. The Bertz CT molecular complexity index is 1800. The highest BCUT2D eigenvalue weighted by molar-refractivity contribution is 14.1. The van der Waals surface area contributed by atoms with Crippen molar-refractivity contribution in [2.75, 3.05) is 26.2 Å². The molecule has 2 fully saturated rings. The first kappa shape index (κ1) is 32.8. The quantitative estimate of drug-likeness (QED) is 0.215. The van der Waals surface area contributed by atoms with Gasteiger partial charge in [0, 0.05) is 58.4 Å². The van der Waals surface area contributed by atoms with Gasteiger partial charge in [-0.15, -0.1) is 0 Å². The van der Waals surface area contributed by atoms with E-state index < -0.39 is 0 Å². The first-order chi connectivity index (χ1) is 23.4. The van der Waals surface area contributed by atoms with Crippen LogP contribution in [0.1, 0.15) is 11.1 Å². The minimum absolute atomic E-state index is 0.0374. The Morgan fingerprint density at radius 3 is 1.71 bits per heavy atom. The topological polar surface area (TPSA) is 131 Å². The lowest BCUT2D eigenvalue weighted by Gasteiger charge is -2.38. The number of ether oxygens (including phenoxy) is 2. The molecule has 5 aromatic rings. The summed E-state index contributed by atoms with van der Waals surface area (Å²) in [5.74, 6) is 1.55. The van der Waals surface area contributed by atoms with Gasteiger partial charge in [0.05, 0.1) is 39.0 Å². The van der Waals surface area contributed by atoms with Crippen molar-refractivity contribution in [1.82, 2.24) is 29.7 Å². The molecule has 2 aliphatic heterocycles. The van der Waals surface area contributed by atoms with Crippen molar-refractivity contribution in [1.29, 1.82) is 0 Å². The number of rotatable bonds is 9. The third kappa shape index (κ3) is 9.03. The summed E-state index contributed by atoms with van der Waals surface area (Å²) in [7, 11) is 0. The van der Waals surface area contributed by atoms with E-state index in [0.717, 1.165) is 25.8 Å². The van der Waals surface area contributed by atoms with Crippen LogP contribution in [0, 0.1) is 3.57 Å². The number of carbonyl (C=O) groups is 2. The van der Waals surface area contributed by atoms with Gasteiger partial charge in [0.25, 0.3) is 0 Å². The van der Waals surface area contributed by atoms with Crippen LogP contribution in [0.2, 0.25) is 0 Å². The van der Waals surface area contributed by atoms with Crippen molar-refractivity contribution in [2.24, 2.45) is 0 Å². The normalized spacial score (nSPS) is 14.2. The SMILES string of the molecule is O=C(Cc1cccnc1)N1CC(Oc2ccc(-c3cccc(O)c3)cn2)C1.O=C(Cc1cccnc1)N1CC(Oc2ccc(I)cn2)C1. The molecule has 0 bridgehead atoms. The van der Waals surface area contributed by atoms with Crippen LogP contribution >= 0.6 is 22.6 Å². The average Bonchev–Trinajstić information content (AvgIpc) is 3.06. The van der Waals surface area contributed by atoms with Crippen LogP contribution in [0.4, 0.5) is 0 Å². The molecular formula is C36H33IN6O5. The number of halogens is 1. The largest absolute Gasteiger partial charge is 0.508 e. The molecule has 2 amide bonds. The maximum atomic E-state index is 12.2. The molecule has 11 nitrogen and oxygen atoms in total. The number of amides is 2. The van der Waals surface area contributed by atoms with Gasteiger partial charge >= 0.3 is 0 Å². The first-order valence-corrected chi connectivity index (χ1v) is 16.5. The maximum Gasteiger partial charge on any atom is 0.227 e. The summed E-state index contributed by atoms with van der Waals surface area (Å²) in [5.41, 5.74) is 3.65. The first-order valence-electron chi connectivity index (χ1n) is 15.4. The predicted molar refractivity (Wildman–Crippen MR) is 186 cm³/mol. The Morgan fingerprint density at radius 2 is 1.25 bits per heavy atom. The fraction of sp³-hybridized carbons (Fsp3) is 0.222. The Labute approximate surface area is 291 Å². The molecule has 0 atom stereocenters. The van der Waals surface area contributed by atoms with Crippen LogP contribution in [-0.4, -0.2) is 85.0 Å². The van der Waals surface area contributed by atoms with Gasteiger partial charge in [-0.05, 0) is 75.7 Å². The van der Waals surface area contributed by atoms with Gasteiger partial charge in [-0.25, -0.2) is 9.97 Å². The summed E-state index contributed by atoms with van der Waals surface area (Å²) in [6.45, 7) is 2.36. The number of phenolic OH excluding ortho intramolecular Hbond substituents is 1. The van der Waals surface area contributed by atoms with E-state index in [1.807, 2.05) is 48.5 Å². The van der Waals surface area contributed by atoms with Gasteiger partial charge < -0.3 is 24.4 Å². The third-order valence-corrected chi connectivity index (χ3v) is 8.39. The summed E-state index contributed by atoms with van der Waals surface area (Å²) in [6, 6.07) is 22.0. The Kier molecular flexibility index (Phi) is 10.7. The van der Waals surface area contributed by atoms with Crippen LogP contribution in [0.25, 0.3) is 11.1 Å². The smallest absolute Gasteiger partial charge is 0.227 e. The lowest BCUT2D eigenvalue weighted by atomic mass is 10.1. The number of nitrogens with zero attached hydrogens (tertiary/aromatic N) is 6. The lowest BCUT2D eigenvalue weighted by Crippen LogP contribution is -2.56. The van der Waals surface area contributed by atoms with E-state index in [1.165, 1.54) is 0 Å². The highest BCUT2D eigenvalue weighted by atomic mass is 127. The second-order valence-electron chi connectivity index (χ2n) is 11.4. The molecule has 0 spiro atoms. The maximum absolute atomic E-state index is 12.2. The van der Waals surface area contributed by atoms with Gasteiger partial charge in [-0.3, -0.25) is 19.6 Å². The van der Waals surface area contributed by atoms with Crippen LogP contribution in [0.5, 0.6) is 17.5 Å². The van der Waals surface area contributed by atoms with Gasteiger partial charge in [0.1, 0.15) is 18.0 Å². The molecular weight excluding hydrogens is 723 g/mol. The van der Waals surface area contributed by atoms with E-state index in [1.54, 1.807) is 71.2 Å². The lowest BCUT2D eigenvalue weighted by molar-refractivity contribution is -0.140. The minimum atomic E-state index is -0.0398. The number of hydrogen-bond acceptors (Lipinski definition) is 9. The third-order valence-electron chi connectivity index (χ3n) is 7.75. The van der Waals surface area contributed by atoms with Crippen molar-refractivity contribution in [3.63, 3.8) is 0 Å². The Balaban J connectivity index is 0.000000173. The number of hydrogen-bond donors (Lipinski definition) is 1. The fourth-order valence-corrected chi connectivity index (χ4v) is 5.41. The predicted octanol–water partition coefficient (Wildman–Crippen LogP) is 4.60. The number of pyridine rings is 4. The molecule has 0 aliphatic carbocycles. The van der Waals surface area contributed by atoms with Crippen LogP contribution in [0.15, 0.2) is 110 Å². The highest BCUT2D eigenvalue weighted by Gasteiger charge is 2.33. The Hall–Kier alpha value is -5.11. The van der Waals surface area contributed by atoms with Crippen molar-refractivity contribution in [3.8, 4) is 28.6 Å². The van der Waals surface area contributed by atoms with Crippen LogP contribution in [-0.2, 0) is 22.4 Å².